The molecule has 4 nitrogen and oxygen atoms in total. The van der Waals surface area contributed by atoms with Crippen LogP contribution < -0.4 is 11.5 Å². The molecule has 0 aliphatic rings. The fourth-order valence-electron chi connectivity index (χ4n) is 8.83. The number of rotatable bonds is 4. The topological polar surface area (TPSA) is 61.9 Å². The molecule has 0 radical (unpaired) electrons. The minimum atomic E-state index is 0.658. The predicted molar refractivity (Wildman–Crippen MR) is 230 cm³/mol. The van der Waals surface area contributed by atoms with Gasteiger partial charge in [0.25, 0.3) is 0 Å². The third kappa shape index (κ3) is 4.31. The molecule has 11 rings (SSSR count). The summed E-state index contributed by atoms with van der Waals surface area (Å²) >= 11 is 0. The number of fused-ring (bicyclic) bond motifs is 8. The van der Waals surface area contributed by atoms with E-state index in [2.05, 4.69) is 191 Å². The lowest BCUT2D eigenvalue weighted by Gasteiger charge is -2.27. The molecular weight excluding hydrogens is 657 g/mol. The summed E-state index contributed by atoms with van der Waals surface area (Å²) < 4.78 is 4.67. The third-order valence-electron chi connectivity index (χ3n) is 11.2. The van der Waals surface area contributed by atoms with Gasteiger partial charge in [-0.3, -0.25) is 0 Å². The number of para-hydroxylation sites is 4. The second-order valence-electron chi connectivity index (χ2n) is 14.1. The fourth-order valence-corrected chi connectivity index (χ4v) is 8.83. The average Bonchev–Trinajstić information content (AvgIpc) is 3.74. The van der Waals surface area contributed by atoms with Gasteiger partial charge in [-0.15, -0.1) is 0 Å². The maximum Gasteiger partial charge on any atom is 0.0799 e. The molecule has 2 heterocycles. The smallest absolute Gasteiger partial charge is 0.0799 e. The highest BCUT2D eigenvalue weighted by Gasteiger charge is 2.29. The van der Waals surface area contributed by atoms with E-state index < -0.39 is 0 Å². The van der Waals surface area contributed by atoms with Crippen molar-refractivity contribution in [2.45, 2.75) is 0 Å². The Hall–Kier alpha value is -7.30. The lowest BCUT2D eigenvalue weighted by atomic mass is 9.90. The second kappa shape index (κ2) is 11.6. The monoisotopic (exact) mass is 690 g/mol. The van der Waals surface area contributed by atoms with Crippen LogP contribution in [0.1, 0.15) is 0 Å². The van der Waals surface area contributed by atoms with E-state index in [1.807, 2.05) is 0 Å². The zero-order valence-corrected chi connectivity index (χ0v) is 29.4. The van der Waals surface area contributed by atoms with E-state index in [-0.39, 0.29) is 0 Å². The van der Waals surface area contributed by atoms with Gasteiger partial charge in [0.15, 0.2) is 0 Å². The number of nitrogen functional groups attached to an aromatic ring is 2. The zero-order chi connectivity index (χ0) is 35.9. The van der Waals surface area contributed by atoms with Crippen molar-refractivity contribution in [1.29, 1.82) is 0 Å². The molecule has 54 heavy (non-hydrogen) atoms. The quantitative estimate of drug-likeness (QED) is 0.181. The van der Waals surface area contributed by atoms with Crippen LogP contribution >= 0.6 is 0 Å². The molecule has 0 spiro atoms. The van der Waals surface area contributed by atoms with E-state index in [0.29, 0.717) is 11.4 Å². The van der Waals surface area contributed by atoms with Crippen molar-refractivity contribution in [3.63, 3.8) is 0 Å². The number of aromatic nitrogens is 2. The lowest BCUT2D eigenvalue weighted by molar-refractivity contribution is 1.15. The Kier molecular flexibility index (Phi) is 6.52. The zero-order valence-electron chi connectivity index (χ0n) is 29.4. The van der Waals surface area contributed by atoms with Crippen LogP contribution in [0.15, 0.2) is 182 Å². The Morgan fingerprint density at radius 1 is 0.296 bits per heavy atom. The number of nitrogens with zero attached hydrogens (tertiary/aromatic N) is 2. The summed E-state index contributed by atoms with van der Waals surface area (Å²) in [6.45, 7) is 0. The lowest BCUT2D eigenvalue weighted by Crippen LogP contribution is -2.12. The molecule has 254 valence electrons. The van der Waals surface area contributed by atoms with Crippen LogP contribution in [-0.2, 0) is 0 Å². The van der Waals surface area contributed by atoms with Gasteiger partial charge in [-0.25, -0.2) is 0 Å². The second-order valence-corrected chi connectivity index (χ2v) is 14.1. The van der Waals surface area contributed by atoms with Crippen molar-refractivity contribution >= 4 is 76.5 Å². The van der Waals surface area contributed by atoms with Crippen molar-refractivity contribution in [1.82, 2.24) is 9.13 Å². The summed E-state index contributed by atoms with van der Waals surface area (Å²) in [6, 6.07) is 64.6. The summed E-state index contributed by atoms with van der Waals surface area (Å²) in [5, 5.41) is 9.26. The van der Waals surface area contributed by atoms with Crippen molar-refractivity contribution < 1.29 is 0 Å². The molecular formula is C50H34N4. The number of benzene rings is 9. The van der Waals surface area contributed by atoms with Gasteiger partial charge in [0.1, 0.15) is 0 Å². The largest absolute Gasteiger partial charge is 0.396 e. The van der Waals surface area contributed by atoms with E-state index >= 15 is 0 Å². The first-order valence-corrected chi connectivity index (χ1v) is 18.4. The summed E-state index contributed by atoms with van der Waals surface area (Å²) in [4.78, 5) is 0. The Morgan fingerprint density at radius 2 is 0.593 bits per heavy atom. The molecule has 11 aromatic rings. The number of hydrogen-bond acceptors (Lipinski definition) is 2. The third-order valence-corrected chi connectivity index (χ3v) is 11.2. The number of hydrogen-bond donors (Lipinski definition) is 2. The minimum Gasteiger partial charge on any atom is -0.396 e. The van der Waals surface area contributed by atoms with Crippen molar-refractivity contribution in [3.8, 4) is 33.6 Å². The van der Waals surface area contributed by atoms with Crippen molar-refractivity contribution in [2.24, 2.45) is 0 Å². The van der Waals surface area contributed by atoms with E-state index in [4.69, 9.17) is 11.5 Å². The van der Waals surface area contributed by atoms with Gasteiger partial charge in [-0.1, -0.05) is 146 Å². The van der Waals surface area contributed by atoms with Gasteiger partial charge in [-0.05, 0) is 69.1 Å². The average molecular weight is 691 g/mol. The van der Waals surface area contributed by atoms with Crippen LogP contribution in [0.4, 0.5) is 11.4 Å². The molecule has 2 aromatic heterocycles. The summed E-state index contributed by atoms with van der Waals surface area (Å²) in [5.41, 5.74) is 26.8. The van der Waals surface area contributed by atoms with Crippen LogP contribution in [0.25, 0.3) is 98.8 Å². The number of anilines is 2. The summed E-state index contributed by atoms with van der Waals surface area (Å²) in [5.74, 6) is 0. The molecule has 4 heteroatoms. The standard InChI is InChI=1S/C50H34N4/c51-47-45(35-27-25-31-13-1-3-15-33(31)29-35)49(53-41-21-9-5-17-37(41)38-18-6-10-22-42(38)53)48(52)46(36-28-26-32-14-2-4-16-34(32)30-36)50(47)54-43-23-11-7-19-39(43)40-20-8-12-24-44(40)54/h1-30H,51-52H2. The summed E-state index contributed by atoms with van der Waals surface area (Å²) in [6.07, 6.45) is 0. The van der Waals surface area contributed by atoms with Gasteiger partial charge >= 0.3 is 0 Å². The maximum absolute atomic E-state index is 7.86. The highest BCUT2D eigenvalue weighted by molar-refractivity contribution is 6.16. The van der Waals surface area contributed by atoms with E-state index in [9.17, 15) is 0 Å². The minimum absolute atomic E-state index is 0.658. The highest BCUT2D eigenvalue weighted by Crippen LogP contribution is 2.51. The Labute approximate surface area is 311 Å². The highest BCUT2D eigenvalue weighted by atomic mass is 15.0. The van der Waals surface area contributed by atoms with Gasteiger partial charge in [0.05, 0.1) is 44.8 Å². The van der Waals surface area contributed by atoms with Crippen molar-refractivity contribution in [2.75, 3.05) is 11.5 Å². The normalized spacial score (nSPS) is 11.9. The Morgan fingerprint density at radius 3 is 0.944 bits per heavy atom. The molecule has 0 amide bonds. The van der Waals surface area contributed by atoms with Crippen LogP contribution in [-0.4, -0.2) is 9.13 Å². The van der Waals surface area contributed by atoms with Gasteiger partial charge in [-0.2, -0.15) is 0 Å². The van der Waals surface area contributed by atoms with E-state index in [1.165, 1.54) is 10.8 Å². The molecule has 0 atom stereocenters. The first kappa shape index (κ1) is 30.3. The van der Waals surface area contributed by atoms with Crippen LogP contribution in [0.3, 0.4) is 0 Å². The predicted octanol–water partition coefficient (Wildman–Crippen LogP) is 12.7. The van der Waals surface area contributed by atoms with Gasteiger partial charge in [0, 0.05) is 32.7 Å². The maximum atomic E-state index is 7.86. The molecule has 0 fully saturated rings. The molecule has 9 aromatic carbocycles. The van der Waals surface area contributed by atoms with Crippen LogP contribution in [0, 0.1) is 0 Å². The molecule has 0 saturated heterocycles. The van der Waals surface area contributed by atoms with Gasteiger partial charge < -0.3 is 20.6 Å². The first-order valence-electron chi connectivity index (χ1n) is 18.4. The Bertz CT molecular complexity index is 2980. The molecule has 0 bridgehead atoms. The number of nitrogens with two attached hydrogens (primary N) is 2. The van der Waals surface area contributed by atoms with E-state index in [0.717, 1.165) is 88.0 Å². The molecule has 0 aliphatic heterocycles. The fraction of sp³-hybridized carbons (Fsp3) is 0. The van der Waals surface area contributed by atoms with Gasteiger partial charge in [0.2, 0.25) is 0 Å². The molecule has 0 aliphatic carbocycles. The van der Waals surface area contributed by atoms with Crippen molar-refractivity contribution in [3.05, 3.63) is 182 Å². The molecule has 4 N–H and O–H groups in total. The molecule has 0 unspecified atom stereocenters. The molecule has 0 saturated carbocycles. The van der Waals surface area contributed by atoms with Crippen LogP contribution in [0.2, 0.25) is 0 Å². The summed E-state index contributed by atoms with van der Waals surface area (Å²) in [7, 11) is 0. The Balaban J connectivity index is 1.39. The van der Waals surface area contributed by atoms with E-state index in [1.54, 1.807) is 0 Å². The first-order chi connectivity index (χ1) is 26.7. The SMILES string of the molecule is Nc1c(-c2ccc3ccccc3c2)c(-n2c3ccccc3c3ccccc32)c(N)c(-c2ccc3ccccc3c2)c1-n1c2ccccc2c2ccccc21. The van der Waals surface area contributed by atoms with Crippen LogP contribution in [0.5, 0.6) is 0 Å².